The van der Waals surface area contributed by atoms with Crippen molar-refractivity contribution in [2.24, 2.45) is 0 Å². The molecule has 0 aliphatic rings. The van der Waals surface area contributed by atoms with Crippen molar-refractivity contribution in [1.29, 1.82) is 0 Å². The van der Waals surface area contributed by atoms with Gasteiger partial charge in [0, 0.05) is 23.0 Å². The van der Waals surface area contributed by atoms with E-state index in [2.05, 4.69) is 50.9 Å². The number of anilines is 3. The molecule has 0 fully saturated rings. The van der Waals surface area contributed by atoms with Gasteiger partial charge in [0.15, 0.2) is 5.58 Å². The molecule has 0 amide bonds. The van der Waals surface area contributed by atoms with Crippen LogP contribution >= 0.6 is 0 Å². The Morgan fingerprint density at radius 1 is 0.906 bits per heavy atom. The Morgan fingerprint density at radius 3 is 2.78 bits per heavy atom. The number of fused-ring (bicyclic) bond motifs is 3. The zero-order valence-electron chi connectivity index (χ0n) is 17.5. The van der Waals surface area contributed by atoms with Gasteiger partial charge in [0.1, 0.15) is 11.6 Å². The lowest BCUT2D eigenvalue weighted by Gasteiger charge is -2.12. The molecule has 0 aliphatic carbocycles. The third-order valence-electron chi connectivity index (χ3n) is 5.63. The summed E-state index contributed by atoms with van der Waals surface area (Å²) in [6.07, 6.45) is 1.72. The normalized spacial score (nSPS) is 11.4. The lowest BCUT2D eigenvalue weighted by Crippen LogP contribution is -2.01. The number of hydrogen-bond donors (Lipinski definition) is 3. The highest BCUT2D eigenvalue weighted by Crippen LogP contribution is 2.30. The Hall–Kier alpha value is -4.32. The monoisotopic (exact) mass is 419 g/mol. The number of nitrogens with zero attached hydrogens (tertiary/aromatic N) is 2. The first-order chi connectivity index (χ1) is 15.7. The van der Waals surface area contributed by atoms with Gasteiger partial charge < -0.3 is 20.0 Å². The second-order valence-corrected chi connectivity index (χ2v) is 7.88. The Labute approximate surface area is 184 Å². The first-order valence-electron chi connectivity index (χ1n) is 10.5. The summed E-state index contributed by atoms with van der Waals surface area (Å²) in [6.45, 7) is 2.67. The van der Waals surface area contributed by atoms with Crippen molar-refractivity contribution in [3.63, 3.8) is 0 Å². The lowest BCUT2D eigenvalue weighted by molar-refractivity contribution is 0.579. The average Bonchev–Trinajstić information content (AvgIpc) is 3.43. The van der Waals surface area contributed by atoms with E-state index in [1.807, 2.05) is 49.4 Å². The van der Waals surface area contributed by atoms with E-state index in [9.17, 15) is 0 Å². The lowest BCUT2D eigenvalue weighted by atomic mass is 10.1. The third-order valence-corrected chi connectivity index (χ3v) is 5.63. The molecule has 6 aromatic rings. The molecule has 156 valence electrons. The number of pyridine rings is 1. The highest BCUT2D eigenvalue weighted by molar-refractivity contribution is 5.94. The summed E-state index contributed by atoms with van der Waals surface area (Å²) >= 11 is 0. The van der Waals surface area contributed by atoms with Crippen molar-refractivity contribution in [1.82, 2.24) is 15.0 Å². The van der Waals surface area contributed by atoms with Gasteiger partial charge in [-0.1, -0.05) is 24.3 Å². The number of aromatic amines is 1. The van der Waals surface area contributed by atoms with Crippen LogP contribution in [0.25, 0.3) is 32.9 Å². The van der Waals surface area contributed by atoms with Gasteiger partial charge in [-0.2, -0.15) is 0 Å². The van der Waals surface area contributed by atoms with Gasteiger partial charge in [-0.15, -0.1) is 0 Å². The maximum Gasteiger partial charge on any atom is 0.157 e. The SMILES string of the molecule is Cc1cc2cccc(Nc3ccc4c(NCc5ccc6[nH]cnc6c5)cccc4n3)c2o1. The van der Waals surface area contributed by atoms with Crippen LogP contribution in [0.5, 0.6) is 0 Å². The van der Waals surface area contributed by atoms with Crippen LogP contribution in [-0.2, 0) is 6.54 Å². The van der Waals surface area contributed by atoms with Gasteiger partial charge in [-0.05, 0) is 61.0 Å². The molecule has 0 unspecified atom stereocenters. The standard InChI is InChI=1S/C26H21N5O/c1-16-12-18-4-2-7-23(26(18)32-16)31-25-11-9-19-20(5-3-6-21(19)30-25)27-14-17-8-10-22-24(13-17)29-15-28-22/h2-13,15,27H,14H2,1H3,(H,28,29)(H,30,31). The second-order valence-electron chi connectivity index (χ2n) is 7.88. The van der Waals surface area contributed by atoms with Gasteiger partial charge in [-0.3, -0.25) is 0 Å². The number of rotatable bonds is 5. The number of hydrogen-bond acceptors (Lipinski definition) is 5. The van der Waals surface area contributed by atoms with Crippen molar-refractivity contribution >= 4 is 50.1 Å². The molecule has 0 spiro atoms. The highest BCUT2D eigenvalue weighted by Gasteiger charge is 2.09. The fraction of sp³-hybridized carbons (Fsp3) is 0.0769. The van der Waals surface area contributed by atoms with Gasteiger partial charge in [0.25, 0.3) is 0 Å². The largest absolute Gasteiger partial charge is 0.459 e. The number of imidazole rings is 1. The molecule has 6 rings (SSSR count). The van der Waals surface area contributed by atoms with Gasteiger partial charge in [0.05, 0.1) is 28.6 Å². The molecule has 3 heterocycles. The molecule has 6 heteroatoms. The number of H-pyrrole nitrogens is 1. The van der Waals surface area contributed by atoms with Gasteiger partial charge in [-0.25, -0.2) is 9.97 Å². The quantitative estimate of drug-likeness (QED) is 0.296. The zero-order chi connectivity index (χ0) is 21.5. The number of aryl methyl sites for hydroxylation is 1. The molecule has 3 N–H and O–H groups in total. The molecule has 0 atom stereocenters. The first kappa shape index (κ1) is 18.4. The van der Waals surface area contributed by atoms with E-state index < -0.39 is 0 Å². The van der Waals surface area contributed by atoms with Crippen LogP contribution in [0, 0.1) is 6.92 Å². The van der Waals surface area contributed by atoms with Crippen molar-refractivity contribution in [2.45, 2.75) is 13.5 Å². The first-order valence-corrected chi connectivity index (χ1v) is 10.5. The second kappa shape index (κ2) is 7.42. The van der Waals surface area contributed by atoms with Crippen LogP contribution in [-0.4, -0.2) is 15.0 Å². The Kier molecular flexibility index (Phi) is 4.28. The summed E-state index contributed by atoms with van der Waals surface area (Å²) in [7, 11) is 0. The minimum atomic E-state index is 0.710. The summed E-state index contributed by atoms with van der Waals surface area (Å²) in [6, 6.07) is 24.6. The molecule has 0 radical (unpaired) electrons. The predicted octanol–water partition coefficient (Wildman–Crippen LogP) is 6.52. The molecular formula is C26H21N5O. The third kappa shape index (κ3) is 3.32. The Balaban J connectivity index is 1.27. The summed E-state index contributed by atoms with van der Waals surface area (Å²) in [4.78, 5) is 12.3. The van der Waals surface area contributed by atoms with E-state index in [4.69, 9.17) is 9.40 Å². The van der Waals surface area contributed by atoms with Crippen molar-refractivity contribution < 1.29 is 4.42 Å². The van der Waals surface area contributed by atoms with Crippen molar-refractivity contribution in [2.75, 3.05) is 10.6 Å². The summed E-state index contributed by atoms with van der Waals surface area (Å²) in [5.74, 6) is 1.67. The van der Waals surface area contributed by atoms with Crippen LogP contribution in [0.4, 0.5) is 17.2 Å². The molecule has 3 aromatic carbocycles. The van der Waals surface area contributed by atoms with Crippen molar-refractivity contribution in [3.8, 4) is 0 Å². The topological polar surface area (TPSA) is 78.8 Å². The maximum absolute atomic E-state index is 5.87. The molecule has 32 heavy (non-hydrogen) atoms. The van der Waals surface area contributed by atoms with Crippen molar-refractivity contribution in [3.05, 3.63) is 90.4 Å². The molecule has 0 saturated carbocycles. The minimum absolute atomic E-state index is 0.710. The van der Waals surface area contributed by atoms with E-state index in [1.54, 1.807) is 6.33 Å². The van der Waals surface area contributed by atoms with Gasteiger partial charge in [0.2, 0.25) is 0 Å². The van der Waals surface area contributed by atoms with Crippen LogP contribution in [0.1, 0.15) is 11.3 Å². The van der Waals surface area contributed by atoms with Crippen LogP contribution in [0.2, 0.25) is 0 Å². The Morgan fingerprint density at radius 2 is 1.81 bits per heavy atom. The minimum Gasteiger partial charge on any atom is -0.459 e. The highest BCUT2D eigenvalue weighted by atomic mass is 16.3. The summed E-state index contributed by atoms with van der Waals surface area (Å²) in [5.41, 5.74) is 6.92. The predicted molar refractivity (Wildman–Crippen MR) is 129 cm³/mol. The number of nitrogens with one attached hydrogen (secondary N) is 3. The van der Waals surface area contributed by atoms with Gasteiger partial charge >= 0.3 is 0 Å². The summed E-state index contributed by atoms with van der Waals surface area (Å²) in [5, 5.41) is 9.10. The fourth-order valence-corrected chi connectivity index (χ4v) is 4.09. The molecule has 3 aromatic heterocycles. The van der Waals surface area contributed by atoms with E-state index in [-0.39, 0.29) is 0 Å². The summed E-state index contributed by atoms with van der Waals surface area (Å²) < 4.78 is 5.87. The Bertz CT molecular complexity index is 1580. The number of aromatic nitrogens is 3. The van der Waals surface area contributed by atoms with Crippen LogP contribution < -0.4 is 10.6 Å². The number of benzene rings is 3. The molecular weight excluding hydrogens is 398 g/mol. The number of furan rings is 1. The molecule has 0 aliphatic heterocycles. The van der Waals surface area contributed by atoms with E-state index >= 15 is 0 Å². The van der Waals surface area contributed by atoms with Crippen LogP contribution in [0.3, 0.4) is 0 Å². The fourth-order valence-electron chi connectivity index (χ4n) is 4.09. The maximum atomic E-state index is 5.87. The molecule has 0 saturated heterocycles. The zero-order valence-corrected chi connectivity index (χ0v) is 17.5. The smallest absolute Gasteiger partial charge is 0.157 e. The molecule has 0 bridgehead atoms. The van der Waals surface area contributed by atoms with E-state index in [1.165, 1.54) is 5.56 Å². The average molecular weight is 419 g/mol. The van der Waals surface area contributed by atoms with Crippen LogP contribution in [0.15, 0.2) is 83.5 Å². The van der Waals surface area contributed by atoms with E-state index in [0.717, 1.165) is 55.9 Å². The number of para-hydroxylation sites is 1. The molecule has 6 nitrogen and oxygen atoms in total. The van der Waals surface area contributed by atoms with E-state index in [0.29, 0.717) is 6.54 Å².